The zero-order valence-electron chi connectivity index (χ0n) is 14.8. The first kappa shape index (κ1) is 17.3. The van der Waals surface area contributed by atoms with Crippen molar-refractivity contribution in [1.29, 1.82) is 0 Å². The molecule has 0 aliphatic carbocycles. The summed E-state index contributed by atoms with van der Waals surface area (Å²) in [4.78, 5) is 1.64. The van der Waals surface area contributed by atoms with E-state index >= 15 is 0 Å². The number of benzene rings is 1. The second-order valence-electron chi connectivity index (χ2n) is 7.64. The molecular weight excluding hydrogens is 274 g/mol. The number of hydrogen-bond acceptors (Lipinski definition) is 2. The predicted molar refractivity (Wildman–Crippen MR) is 90.8 cm³/mol. The van der Waals surface area contributed by atoms with Gasteiger partial charge >= 0.3 is 0 Å². The molecule has 0 amide bonds. The highest BCUT2D eigenvalue weighted by Crippen LogP contribution is 2.24. The Morgan fingerprint density at radius 1 is 1.09 bits per heavy atom. The van der Waals surface area contributed by atoms with E-state index in [1.165, 1.54) is 5.56 Å². The number of rotatable bonds is 5. The molecule has 1 aliphatic rings. The third-order valence-electron chi connectivity index (χ3n) is 4.28. The van der Waals surface area contributed by atoms with Crippen LogP contribution in [-0.2, 0) is 10.2 Å². The van der Waals surface area contributed by atoms with Crippen LogP contribution in [0.5, 0.6) is 5.75 Å². The molecule has 1 aromatic rings. The largest absolute Gasteiger partial charge is 0.493 e. The fraction of sp³-hybridized carbons (Fsp3) is 0.684. The molecule has 0 saturated carbocycles. The summed E-state index contributed by atoms with van der Waals surface area (Å²) in [5.41, 5.74) is 1.55. The minimum atomic E-state index is 0.200. The molecule has 3 heteroatoms. The fourth-order valence-electron chi connectivity index (χ4n) is 3.16. The highest BCUT2D eigenvalue weighted by atomic mass is 16.5. The van der Waals surface area contributed by atoms with Gasteiger partial charge < -0.3 is 14.4 Å². The maximum absolute atomic E-state index is 5.87. The lowest BCUT2D eigenvalue weighted by molar-refractivity contribution is -0.915. The standard InChI is InChI=1S/C19H31NO2/c1-15-13-20(14-16(2)22-15)11-6-12-21-18-9-7-17(8-10-18)19(3,4)5/h7-10,15-16H,6,11-14H2,1-5H3/p+1/t15-,16-/m1/s1. The maximum Gasteiger partial charge on any atom is 0.119 e. The third-order valence-corrected chi connectivity index (χ3v) is 4.28. The lowest BCUT2D eigenvalue weighted by atomic mass is 9.87. The third kappa shape index (κ3) is 5.29. The number of quaternary nitrogens is 1. The van der Waals surface area contributed by atoms with Gasteiger partial charge in [0.15, 0.2) is 0 Å². The van der Waals surface area contributed by atoms with Gasteiger partial charge in [-0.25, -0.2) is 0 Å². The number of nitrogens with one attached hydrogen (secondary N) is 1. The van der Waals surface area contributed by atoms with Crippen LogP contribution in [0, 0.1) is 0 Å². The second kappa shape index (κ2) is 7.47. The molecule has 3 nitrogen and oxygen atoms in total. The molecule has 2 atom stereocenters. The summed E-state index contributed by atoms with van der Waals surface area (Å²) in [6, 6.07) is 8.52. The van der Waals surface area contributed by atoms with E-state index in [1.807, 2.05) is 0 Å². The van der Waals surface area contributed by atoms with Crippen LogP contribution in [0.25, 0.3) is 0 Å². The van der Waals surface area contributed by atoms with Crippen molar-refractivity contribution >= 4 is 0 Å². The minimum Gasteiger partial charge on any atom is -0.493 e. The molecule has 0 bridgehead atoms. The molecule has 1 saturated heterocycles. The van der Waals surface area contributed by atoms with Gasteiger partial charge in [-0.15, -0.1) is 0 Å². The smallest absolute Gasteiger partial charge is 0.119 e. The predicted octanol–water partition coefficient (Wildman–Crippen LogP) is 2.45. The Morgan fingerprint density at radius 2 is 1.68 bits per heavy atom. The molecule has 0 unspecified atom stereocenters. The highest BCUT2D eigenvalue weighted by molar-refractivity contribution is 5.31. The Morgan fingerprint density at radius 3 is 2.23 bits per heavy atom. The molecule has 124 valence electrons. The SMILES string of the molecule is C[C@@H]1C[NH+](CCCOc2ccc(C(C)(C)C)cc2)C[C@@H](C)O1. The van der Waals surface area contributed by atoms with Gasteiger partial charge in [0.1, 0.15) is 31.0 Å². The van der Waals surface area contributed by atoms with Crippen molar-refractivity contribution in [3.63, 3.8) is 0 Å². The number of morpholine rings is 1. The van der Waals surface area contributed by atoms with Crippen LogP contribution in [0.2, 0.25) is 0 Å². The fourth-order valence-corrected chi connectivity index (χ4v) is 3.16. The first-order chi connectivity index (χ1) is 10.3. The van der Waals surface area contributed by atoms with Gasteiger partial charge in [0.2, 0.25) is 0 Å². The van der Waals surface area contributed by atoms with Crippen molar-refractivity contribution in [2.75, 3.05) is 26.2 Å². The maximum atomic E-state index is 5.87. The molecule has 22 heavy (non-hydrogen) atoms. The summed E-state index contributed by atoms with van der Waals surface area (Å²) in [5.74, 6) is 0.978. The zero-order valence-corrected chi connectivity index (χ0v) is 14.8. The van der Waals surface area contributed by atoms with Gasteiger partial charge in [0.25, 0.3) is 0 Å². The van der Waals surface area contributed by atoms with Crippen LogP contribution in [0.15, 0.2) is 24.3 Å². The van der Waals surface area contributed by atoms with Crippen LogP contribution in [0.1, 0.15) is 46.6 Å². The van der Waals surface area contributed by atoms with Crippen molar-refractivity contribution in [1.82, 2.24) is 0 Å². The Bertz CT molecular complexity index is 439. The Hall–Kier alpha value is -1.06. The van der Waals surface area contributed by atoms with Crippen LogP contribution in [-0.4, -0.2) is 38.4 Å². The van der Waals surface area contributed by atoms with E-state index < -0.39 is 0 Å². The molecule has 0 radical (unpaired) electrons. The summed E-state index contributed by atoms with van der Waals surface area (Å²) < 4.78 is 11.7. The van der Waals surface area contributed by atoms with Gasteiger partial charge in [0.05, 0.1) is 13.2 Å². The molecule has 1 fully saturated rings. The van der Waals surface area contributed by atoms with Crippen LogP contribution in [0.4, 0.5) is 0 Å². The molecule has 1 aliphatic heterocycles. The quantitative estimate of drug-likeness (QED) is 0.845. The van der Waals surface area contributed by atoms with E-state index in [2.05, 4.69) is 58.9 Å². The lowest BCUT2D eigenvalue weighted by Gasteiger charge is -2.32. The van der Waals surface area contributed by atoms with E-state index in [9.17, 15) is 0 Å². The molecule has 1 aromatic carbocycles. The Labute approximate surface area is 135 Å². The highest BCUT2D eigenvalue weighted by Gasteiger charge is 2.24. The van der Waals surface area contributed by atoms with Gasteiger partial charge in [-0.3, -0.25) is 0 Å². The monoisotopic (exact) mass is 306 g/mol. The average molecular weight is 306 g/mol. The van der Waals surface area contributed by atoms with Crippen molar-refractivity contribution in [3.8, 4) is 5.75 Å². The zero-order chi connectivity index (χ0) is 16.2. The van der Waals surface area contributed by atoms with E-state index in [0.717, 1.165) is 38.4 Å². The van der Waals surface area contributed by atoms with Gasteiger partial charge in [0, 0.05) is 6.42 Å². The van der Waals surface area contributed by atoms with Crippen molar-refractivity contribution in [3.05, 3.63) is 29.8 Å². The first-order valence-electron chi connectivity index (χ1n) is 8.57. The topological polar surface area (TPSA) is 22.9 Å². The lowest BCUT2D eigenvalue weighted by Crippen LogP contribution is -3.15. The summed E-state index contributed by atoms with van der Waals surface area (Å²) in [7, 11) is 0. The Balaban J connectivity index is 1.70. The van der Waals surface area contributed by atoms with E-state index in [1.54, 1.807) is 4.90 Å². The van der Waals surface area contributed by atoms with E-state index in [-0.39, 0.29) is 5.41 Å². The van der Waals surface area contributed by atoms with Crippen molar-refractivity contribution < 1.29 is 14.4 Å². The molecule has 0 aromatic heterocycles. The van der Waals surface area contributed by atoms with E-state index in [0.29, 0.717) is 12.2 Å². The van der Waals surface area contributed by atoms with Crippen LogP contribution in [0.3, 0.4) is 0 Å². The number of ether oxygens (including phenoxy) is 2. The van der Waals surface area contributed by atoms with Crippen LogP contribution < -0.4 is 9.64 Å². The summed E-state index contributed by atoms with van der Waals surface area (Å²) in [5, 5.41) is 0. The summed E-state index contributed by atoms with van der Waals surface area (Å²) in [6.07, 6.45) is 1.85. The molecule has 1 N–H and O–H groups in total. The summed E-state index contributed by atoms with van der Waals surface area (Å²) in [6.45, 7) is 15.2. The molecular formula is C19H32NO2+. The van der Waals surface area contributed by atoms with Gasteiger partial charge in [-0.2, -0.15) is 0 Å². The minimum absolute atomic E-state index is 0.200. The van der Waals surface area contributed by atoms with Gasteiger partial charge in [-0.1, -0.05) is 32.9 Å². The molecule has 1 heterocycles. The molecule has 0 spiro atoms. The van der Waals surface area contributed by atoms with Crippen molar-refractivity contribution in [2.45, 2.75) is 58.7 Å². The average Bonchev–Trinajstić information content (AvgIpc) is 2.42. The Kier molecular flexibility index (Phi) is 5.87. The van der Waals surface area contributed by atoms with Crippen molar-refractivity contribution in [2.24, 2.45) is 0 Å². The number of hydrogen-bond donors (Lipinski definition) is 1. The van der Waals surface area contributed by atoms with Crippen LogP contribution >= 0.6 is 0 Å². The summed E-state index contributed by atoms with van der Waals surface area (Å²) >= 11 is 0. The first-order valence-corrected chi connectivity index (χ1v) is 8.57. The normalized spacial score (nSPS) is 26.0. The molecule has 2 rings (SSSR count). The van der Waals surface area contributed by atoms with Gasteiger partial charge in [-0.05, 0) is 37.0 Å². The second-order valence-corrected chi connectivity index (χ2v) is 7.64. The van der Waals surface area contributed by atoms with E-state index in [4.69, 9.17) is 9.47 Å².